The van der Waals surface area contributed by atoms with Gasteiger partial charge in [0.2, 0.25) is 0 Å². The Labute approximate surface area is 212 Å². The summed E-state index contributed by atoms with van der Waals surface area (Å²) in [7, 11) is 0. The van der Waals surface area contributed by atoms with E-state index in [9.17, 15) is 25.5 Å². The van der Waals surface area contributed by atoms with E-state index in [4.69, 9.17) is 0 Å². The molecule has 0 radical (unpaired) electrons. The Hall–Kier alpha value is -0.460. The Bertz CT molecular complexity index is 910. The van der Waals surface area contributed by atoms with Crippen LogP contribution in [0.3, 0.4) is 0 Å². The van der Waals surface area contributed by atoms with Crippen LogP contribution in [-0.2, 0) is 0 Å². The minimum atomic E-state index is -1.17. The van der Waals surface area contributed by atoms with Crippen molar-refractivity contribution in [3.05, 3.63) is 11.6 Å². The minimum Gasteiger partial charge on any atom is -0.396 e. The predicted octanol–water partition coefficient (Wildman–Crippen LogP) is 4.05. The average molecular weight is 491 g/mol. The molecule has 5 nitrogen and oxygen atoms in total. The Morgan fingerprint density at radius 3 is 2.09 bits per heavy atom. The molecule has 5 N–H and O–H groups in total. The average Bonchev–Trinajstić information content (AvgIpc) is 2.76. The first-order valence-electron chi connectivity index (χ1n) is 14.1. The van der Waals surface area contributed by atoms with Crippen LogP contribution in [0.4, 0.5) is 0 Å². The van der Waals surface area contributed by atoms with Crippen molar-refractivity contribution < 1.29 is 25.5 Å². The molecule has 5 aliphatic rings. The van der Waals surface area contributed by atoms with E-state index in [1.54, 1.807) is 0 Å². The fraction of sp³-hybridized carbons (Fsp3) is 0.933. The van der Waals surface area contributed by atoms with E-state index in [2.05, 4.69) is 40.7 Å². The molecule has 0 saturated heterocycles. The lowest BCUT2D eigenvalue weighted by Crippen LogP contribution is -2.71. The summed E-state index contributed by atoms with van der Waals surface area (Å²) in [5.41, 5.74) is -0.580. The summed E-state index contributed by atoms with van der Waals surface area (Å²) in [6, 6.07) is 0. The molecule has 0 bridgehead atoms. The van der Waals surface area contributed by atoms with Crippen LogP contribution in [0.2, 0.25) is 0 Å². The number of hydrogen-bond acceptors (Lipinski definition) is 5. The van der Waals surface area contributed by atoms with Crippen LogP contribution >= 0.6 is 0 Å². The van der Waals surface area contributed by atoms with Crippen molar-refractivity contribution >= 4 is 0 Å². The number of rotatable bonds is 1. The van der Waals surface area contributed by atoms with Crippen LogP contribution in [0.25, 0.3) is 0 Å². The van der Waals surface area contributed by atoms with E-state index in [1.165, 1.54) is 5.57 Å². The number of aliphatic hydroxyl groups excluding tert-OH is 5. The number of aliphatic hydroxyl groups is 5. The molecule has 0 aromatic rings. The summed E-state index contributed by atoms with van der Waals surface area (Å²) < 4.78 is 0. The lowest BCUT2D eigenvalue weighted by atomic mass is 9.33. The highest BCUT2D eigenvalue weighted by atomic mass is 16.3. The highest BCUT2D eigenvalue weighted by Gasteiger charge is 2.72. The normalized spacial score (nSPS) is 56.7. The molecule has 2 unspecified atom stereocenters. The lowest BCUT2D eigenvalue weighted by Gasteiger charge is -2.72. The molecule has 0 aliphatic heterocycles. The largest absolute Gasteiger partial charge is 0.396 e. The van der Waals surface area contributed by atoms with Gasteiger partial charge in [-0.05, 0) is 89.8 Å². The number of allylic oxidation sites excluding steroid dienone is 2. The number of hydrogen-bond donors (Lipinski definition) is 5. The molecular formula is C30H50O5. The van der Waals surface area contributed by atoms with Crippen LogP contribution in [0, 0.1) is 50.2 Å². The Morgan fingerprint density at radius 1 is 0.800 bits per heavy atom. The summed E-state index contributed by atoms with van der Waals surface area (Å²) in [6.45, 7) is 15.4. The maximum absolute atomic E-state index is 11.7. The second-order valence-corrected chi connectivity index (χ2v) is 15.3. The Balaban J connectivity index is 1.63. The van der Waals surface area contributed by atoms with Gasteiger partial charge in [-0.1, -0.05) is 60.1 Å². The monoisotopic (exact) mass is 490 g/mol. The van der Waals surface area contributed by atoms with E-state index in [0.29, 0.717) is 24.7 Å². The van der Waals surface area contributed by atoms with E-state index in [0.717, 1.165) is 32.1 Å². The molecular weight excluding hydrogens is 440 g/mol. The fourth-order valence-corrected chi connectivity index (χ4v) is 10.9. The van der Waals surface area contributed by atoms with Gasteiger partial charge in [0.25, 0.3) is 0 Å². The Morgan fingerprint density at radius 2 is 1.46 bits per heavy atom. The SMILES string of the molecule is CC1(C)C[C@H]2C3=CCC4[C@@]5(C)CC[C@H](O)C(C)(C)C5CC[C@@]4(C)[C@]3(C)C[C@@H](O)[C@@]2(CO)[C@@H](O)[C@@H]1O. The third kappa shape index (κ3) is 2.94. The molecule has 4 fully saturated rings. The van der Waals surface area contributed by atoms with Gasteiger partial charge in [-0.15, -0.1) is 0 Å². The summed E-state index contributed by atoms with van der Waals surface area (Å²) >= 11 is 0. The van der Waals surface area contributed by atoms with E-state index >= 15 is 0 Å². The number of fused-ring (bicyclic) bond motifs is 7. The minimum absolute atomic E-state index is 0.0194. The molecule has 11 atom stereocenters. The molecule has 0 heterocycles. The molecule has 0 aromatic carbocycles. The highest BCUT2D eigenvalue weighted by molar-refractivity contribution is 5.36. The second-order valence-electron chi connectivity index (χ2n) is 15.3. The molecule has 0 aromatic heterocycles. The van der Waals surface area contributed by atoms with Gasteiger partial charge in [-0.2, -0.15) is 0 Å². The van der Waals surface area contributed by atoms with Crippen LogP contribution in [0.15, 0.2) is 11.6 Å². The van der Waals surface area contributed by atoms with Crippen molar-refractivity contribution in [1.29, 1.82) is 0 Å². The maximum atomic E-state index is 11.7. The predicted molar refractivity (Wildman–Crippen MR) is 136 cm³/mol. The molecule has 5 heteroatoms. The van der Waals surface area contributed by atoms with Gasteiger partial charge in [0.15, 0.2) is 0 Å². The quantitative estimate of drug-likeness (QED) is 0.357. The van der Waals surface area contributed by atoms with Crippen LogP contribution in [-0.4, -0.2) is 56.6 Å². The van der Waals surface area contributed by atoms with Crippen molar-refractivity contribution in [3.8, 4) is 0 Å². The van der Waals surface area contributed by atoms with Crippen molar-refractivity contribution in [2.75, 3.05) is 6.61 Å². The highest BCUT2D eigenvalue weighted by Crippen LogP contribution is 2.75. The molecule has 0 amide bonds. The van der Waals surface area contributed by atoms with Crippen molar-refractivity contribution in [1.82, 2.24) is 0 Å². The summed E-state index contributed by atoms with van der Waals surface area (Å²) in [5.74, 6) is 0.754. The molecule has 4 saturated carbocycles. The first-order chi connectivity index (χ1) is 16.0. The van der Waals surface area contributed by atoms with Crippen LogP contribution in [0.5, 0.6) is 0 Å². The van der Waals surface area contributed by atoms with Crippen LogP contribution in [0.1, 0.15) is 93.4 Å². The van der Waals surface area contributed by atoms with Gasteiger partial charge in [0.1, 0.15) is 0 Å². The van der Waals surface area contributed by atoms with Gasteiger partial charge in [-0.25, -0.2) is 0 Å². The lowest BCUT2D eigenvalue weighted by molar-refractivity contribution is -0.257. The van der Waals surface area contributed by atoms with E-state index < -0.39 is 29.1 Å². The van der Waals surface area contributed by atoms with Gasteiger partial charge in [0, 0.05) is 0 Å². The molecule has 35 heavy (non-hydrogen) atoms. The van der Waals surface area contributed by atoms with Crippen LogP contribution < -0.4 is 0 Å². The molecule has 0 spiro atoms. The summed E-state index contributed by atoms with van der Waals surface area (Å²) in [5, 5.41) is 55.6. The molecule has 5 rings (SSSR count). The summed E-state index contributed by atoms with van der Waals surface area (Å²) in [6.07, 6.45) is 5.25. The molecule has 5 aliphatic carbocycles. The van der Waals surface area contributed by atoms with Crippen molar-refractivity contribution in [2.45, 2.75) is 118 Å². The van der Waals surface area contributed by atoms with Gasteiger partial charge in [0.05, 0.1) is 36.4 Å². The Kier molecular flexibility index (Phi) is 5.65. The van der Waals surface area contributed by atoms with Gasteiger partial charge in [-0.3, -0.25) is 0 Å². The van der Waals surface area contributed by atoms with Gasteiger partial charge >= 0.3 is 0 Å². The third-order valence-corrected chi connectivity index (χ3v) is 13.4. The third-order valence-electron chi connectivity index (χ3n) is 13.4. The fourth-order valence-electron chi connectivity index (χ4n) is 10.9. The maximum Gasteiger partial charge on any atom is 0.0913 e. The molecule has 200 valence electrons. The zero-order valence-electron chi connectivity index (χ0n) is 23.0. The topological polar surface area (TPSA) is 101 Å². The standard InChI is InChI=1S/C30H50O5/c1-25(2)14-18-17-8-9-20-27(5)12-11-21(32)26(3,4)19(27)10-13-28(20,6)29(17,7)15-22(33)30(18,16-31)24(35)23(25)34/h8,18-24,31-35H,9-16H2,1-7H3/t18-,19?,20?,21-,22+,23-,24-,27-,28+,29+,30-/m0/s1. The van der Waals surface area contributed by atoms with E-state index in [1.807, 2.05) is 13.8 Å². The zero-order chi connectivity index (χ0) is 26.0. The summed E-state index contributed by atoms with van der Waals surface area (Å²) in [4.78, 5) is 0. The van der Waals surface area contributed by atoms with Gasteiger partial charge < -0.3 is 25.5 Å². The van der Waals surface area contributed by atoms with Crippen molar-refractivity contribution in [3.63, 3.8) is 0 Å². The first-order valence-corrected chi connectivity index (χ1v) is 14.1. The van der Waals surface area contributed by atoms with E-state index in [-0.39, 0.29) is 40.3 Å². The zero-order valence-corrected chi connectivity index (χ0v) is 23.0. The van der Waals surface area contributed by atoms with Crippen molar-refractivity contribution in [2.24, 2.45) is 50.2 Å². The first kappa shape index (κ1) is 26.2. The smallest absolute Gasteiger partial charge is 0.0913 e. The second kappa shape index (κ2) is 7.56.